The average Bonchev–Trinajstić information content (AvgIpc) is 2.58. The van der Waals surface area contributed by atoms with Gasteiger partial charge in [0, 0.05) is 24.2 Å². The van der Waals surface area contributed by atoms with Crippen LogP contribution in [0.4, 0.5) is 4.79 Å². The summed E-state index contributed by atoms with van der Waals surface area (Å²) in [5, 5.41) is 3.63. The van der Waals surface area contributed by atoms with Gasteiger partial charge in [0.25, 0.3) is 5.91 Å². The van der Waals surface area contributed by atoms with Gasteiger partial charge >= 0.3 is 6.09 Å². The van der Waals surface area contributed by atoms with Crippen molar-refractivity contribution >= 4 is 23.6 Å². The Hall–Kier alpha value is -1.95. The van der Waals surface area contributed by atoms with Crippen LogP contribution in [0.25, 0.3) is 0 Å². The maximum atomic E-state index is 12.3. The smallest absolute Gasteiger partial charge is 0.409 e. The van der Waals surface area contributed by atoms with E-state index in [1.54, 1.807) is 36.9 Å². The highest BCUT2D eigenvalue weighted by atomic mass is 35.5. The van der Waals surface area contributed by atoms with Crippen molar-refractivity contribution in [3.05, 3.63) is 28.8 Å². The molecule has 1 fully saturated rings. The molecular formula is C18H25ClN2O4. The molecule has 6 nitrogen and oxygen atoms in total. The van der Waals surface area contributed by atoms with Gasteiger partial charge in [-0.3, -0.25) is 4.79 Å². The Labute approximate surface area is 153 Å². The van der Waals surface area contributed by atoms with E-state index >= 15 is 0 Å². The van der Waals surface area contributed by atoms with E-state index in [4.69, 9.17) is 21.1 Å². The van der Waals surface area contributed by atoms with E-state index in [1.165, 1.54) is 0 Å². The number of halogens is 1. The molecule has 1 aromatic carbocycles. The minimum atomic E-state index is -0.608. The predicted octanol–water partition coefficient (Wildman–Crippen LogP) is 3.15. The number of amides is 2. The second-order valence-electron chi connectivity index (χ2n) is 6.14. The molecule has 25 heavy (non-hydrogen) atoms. The van der Waals surface area contributed by atoms with Crippen LogP contribution in [0.3, 0.4) is 0 Å². The van der Waals surface area contributed by atoms with Crippen LogP contribution in [0, 0.1) is 6.92 Å². The number of hydrogen-bond donors (Lipinski definition) is 1. The minimum Gasteiger partial charge on any atom is -0.481 e. The van der Waals surface area contributed by atoms with Crippen LogP contribution >= 0.6 is 11.6 Å². The Morgan fingerprint density at radius 1 is 1.36 bits per heavy atom. The standard InChI is InChI=1S/C18H25ClN2O4/c1-4-24-18(23)21-9-7-15(8-10-21)20-17(22)13(3)25-16-6-5-14(19)11-12(16)2/h5-6,11,13,15H,4,7-10H2,1-3H3,(H,20,22). The molecule has 2 rings (SSSR count). The Kier molecular flexibility index (Phi) is 6.93. The van der Waals surface area contributed by atoms with Crippen molar-refractivity contribution in [3.63, 3.8) is 0 Å². The first kappa shape index (κ1) is 19.4. The highest BCUT2D eigenvalue weighted by Gasteiger charge is 2.26. The SMILES string of the molecule is CCOC(=O)N1CCC(NC(=O)C(C)Oc2ccc(Cl)cc2C)CC1. The first-order chi connectivity index (χ1) is 11.9. The summed E-state index contributed by atoms with van der Waals surface area (Å²) >= 11 is 5.93. The number of ether oxygens (including phenoxy) is 2. The second kappa shape index (κ2) is 8.94. The van der Waals surface area contributed by atoms with E-state index in [-0.39, 0.29) is 18.0 Å². The lowest BCUT2D eigenvalue weighted by molar-refractivity contribution is -0.128. The first-order valence-corrected chi connectivity index (χ1v) is 8.93. The number of nitrogens with zero attached hydrogens (tertiary/aromatic N) is 1. The van der Waals surface area contributed by atoms with E-state index < -0.39 is 6.10 Å². The van der Waals surface area contributed by atoms with Crippen molar-refractivity contribution in [1.82, 2.24) is 10.2 Å². The van der Waals surface area contributed by atoms with Crippen LogP contribution in [-0.4, -0.2) is 48.7 Å². The van der Waals surface area contributed by atoms with Gasteiger partial charge in [0.2, 0.25) is 0 Å². The lowest BCUT2D eigenvalue weighted by Gasteiger charge is -2.32. The molecule has 1 N–H and O–H groups in total. The molecule has 0 spiro atoms. The van der Waals surface area contributed by atoms with Crippen molar-refractivity contribution < 1.29 is 19.1 Å². The molecule has 1 aliphatic heterocycles. The van der Waals surface area contributed by atoms with Gasteiger partial charge in [-0.2, -0.15) is 0 Å². The molecule has 1 unspecified atom stereocenters. The zero-order chi connectivity index (χ0) is 18.4. The van der Waals surface area contributed by atoms with E-state index in [0.717, 1.165) is 5.56 Å². The largest absolute Gasteiger partial charge is 0.481 e. The first-order valence-electron chi connectivity index (χ1n) is 8.55. The van der Waals surface area contributed by atoms with Crippen molar-refractivity contribution in [3.8, 4) is 5.75 Å². The Bertz CT molecular complexity index is 615. The fourth-order valence-electron chi connectivity index (χ4n) is 2.73. The van der Waals surface area contributed by atoms with Crippen molar-refractivity contribution in [2.45, 2.75) is 45.8 Å². The van der Waals surface area contributed by atoms with Crippen molar-refractivity contribution in [1.29, 1.82) is 0 Å². The Balaban J connectivity index is 1.81. The molecule has 138 valence electrons. The average molecular weight is 369 g/mol. The molecule has 1 atom stereocenters. The van der Waals surface area contributed by atoms with Gasteiger partial charge < -0.3 is 19.7 Å². The van der Waals surface area contributed by atoms with E-state index in [0.29, 0.717) is 43.3 Å². The fourth-order valence-corrected chi connectivity index (χ4v) is 2.96. The number of carbonyl (C=O) groups excluding carboxylic acids is 2. The van der Waals surface area contributed by atoms with E-state index in [9.17, 15) is 9.59 Å². The number of nitrogens with one attached hydrogen (secondary N) is 1. The fraction of sp³-hybridized carbons (Fsp3) is 0.556. The topological polar surface area (TPSA) is 67.9 Å². The lowest BCUT2D eigenvalue weighted by Crippen LogP contribution is -2.49. The molecule has 0 aliphatic carbocycles. The molecule has 1 heterocycles. The van der Waals surface area contributed by atoms with Crippen molar-refractivity contribution in [2.24, 2.45) is 0 Å². The Morgan fingerprint density at radius 3 is 2.64 bits per heavy atom. The molecule has 1 aromatic rings. The monoisotopic (exact) mass is 368 g/mol. The molecule has 0 bridgehead atoms. The van der Waals surface area contributed by atoms with Crippen LogP contribution < -0.4 is 10.1 Å². The van der Waals surface area contributed by atoms with Gasteiger partial charge in [-0.05, 0) is 57.4 Å². The summed E-state index contributed by atoms with van der Waals surface area (Å²) in [5.74, 6) is 0.480. The minimum absolute atomic E-state index is 0.0375. The zero-order valence-electron chi connectivity index (χ0n) is 14.9. The quantitative estimate of drug-likeness (QED) is 0.866. The molecule has 1 saturated heterocycles. The number of benzene rings is 1. The normalized spacial score (nSPS) is 16.2. The lowest BCUT2D eigenvalue weighted by atomic mass is 10.1. The number of rotatable bonds is 5. The van der Waals surface area contributed by atoms with E-state index in [2.05, 4.69) is 5.32 Å². The Morgan fingerprint density at radius 2 is 2.04 bits per heavy atom. The molecular weight excluding hydrogens is 344 g/mol. The van der Waals surface area contributed by atoms with Crippen LogP contribution in [0.15, 0.2) is 18.2 Å². The number of likely N-dealkylation sites (tertiary alicyclic amines) is 1. The third-order valence-electron chi connectivity index (χ3n) is 4.18. The third kappa shape index (κ3) is 5.53. The van der Waals surface area contributed by atoms with Gasteiger partial charge in [-0.25, -0.2) is 4.79 Å². The molecule has 0 saturated carbocycles. The number of carbonyl (C=O) groups is 2. The number of hydrogen-bond acceptors (Lipinski definition) is 4. The van der Waals surface area contributed by atoms with Crippen LogP contribution in [-0.2, 0) is 9.53 Å². The highest BCUT2D eigenvalue weighted by molar-refractivity contribution is 6.30. The number of aryl methyl sites for hydroxylation is 1. The van der Waals surface area contributed by atoms with Crippen LogP contribution in [0.2, 0.25) is 5.02 Å². The maximum absolute atomic E-state index is 12.3. The van der Waals surface area contributed by atoms with Crippen molar-refractivity contribution in [2.75, 3.05) is 19.7 Å². The summed E-state index contributed by atoms with van der Waals surface area (Å²) in [6.45, 7) is 6.92. The summed E-state index contributed by atoms with van der Waals surface area (Å²) in [7, 11) is 0. The third-order valence-corrected chi connectivity index (χ3v) is 4.41. The zero-order valence-corrected chi connectivity index (χ0v) is 15.6. The van der Waals surface area contributed by atoms with E-state index in [1.807, 2.05) is 6.92 Å². The van der Waals surface area contributed by atoms with Crippen LogP contribution in [0.1, 0.15) is 32.3 Å². The van der Waals surface area contributed by atoms with Gasteiger partial charge in [0.1, 0.15) is 5.75 Å². The summed E-state index contributed by atoms with van der Waals surface area (Å²) in [6.07, 6.45) is 0.513. The van der Waals surface area contributed by atoms with Gasteiger partial charge in [-0.1, -0.05) is 11.6 Å². The highest BCUT2D eigenvalue weighted by Crippen LogP contribution is 2.23. The summed E-state index contributed by atoms with van der Waals surface area (Å²) < 4.78 is 10.7. The molecule has 0 radical (unpaired) electrons. The van der Waals surface area contributed by atoms with Gasteiger partial charge in [0.05, 0.1) is 6.61 Å². The molecule has 7 heteroatoms. The summed E-state index contributed by atoms with van der Waals surface area (Å²) in [5.41, 5.74) is 0.884. The maximum Gasteiger partial charge on any atom is 0.409 e. The molecule has 1 aliphatic rings. The predicted molar refractivity (Wildman–Crippen MR) is 96.0 cm³/mol. The number of piperidine rings is 1. The second-order valence-corrected chi connectivity index (χ2v) is 6.58. The summed E-state index contributed by atoms with van der Waals surface area (Å²) in [4.78, 5) is 25.7. The van der Waals surface area contributed by atoms with Gasteiger partial charge in [0.15, 0.2) is 6.10 Å². The molecule has 2 amide bonds. The van der Waals surface area contributed by atoms with Gasteiger partial charge in [-0.15, -0.1) is 0 Å². The van der Waals surface area contributed by atoms with Crippen LogP contribution in [0.5, 0.6) is 5.75 Å². The summed E-state index contributed by atoms with van der Waals surface area (Å²) in [6, 6.07) is 5.33. The molecule has 0 aromatic heterocycles.